The highest BCUT2D eigenvalue weighted by Crippen LogP contribution is 2.30. The van der Waals surface area contributed by atoms with Crippen LogP contribution in [-0.2, 0) is 14.3 Å². The van der Waals surface area contributed by atoms with Crippen molar-refractivity contribution in [2.24, 2.45) is 5.92 Å². The first-order valence-corrected chi connectivity index (χ1v) is 9.55. The molecule has 2 heterocycles. The van der Waals surface area contributed by atoms with Crippen LogP contribution >= 0.6 is 0 Å². The van der Waals surface area contributed by atoms with Gasteiger partial charge in [0.05, 0.1) is 31.5 Å². The van der Waals surface area contributed by atoms with Gasteiger partial charge in [-0.1, -0.05) is 0 Å². The molecule has 1 aromatic heterocycles. The molecule has 1 aliphatic heterocycles. The molecule has 0 aromatic carbocycles. The Morgan fingerprint density at radius 1 is 1.29 bits per heavy atom. The maximum atomic E-state index is 12.6. The Labute approximate surface area is 165 Å². The molecule has 0 bridgehead atoms. The number of aromatic nitrogens is 2. The number of rotatable bonds is 7. The number of hydrogen-bond acceptors (Lipinski definition) is 9. The molecule has 1 saturated heterocycles. The highest BCUT2D eigenvalue weighted by atomic mass is 16.6. The second-order valence-electron chi connectivity index (χ2n) is 7.40. The minimum atomic E-state index is -0.553. The molecule has 9 nitrogen and oxygen atoms in total. The summed E-state index contributed by atoms with van der Waals surface area (Å²) < 4.78 is 16.1. The highest BCUT2D eigenvalue weighted by Gasteiger charge is 2.41. The van der Waals surface area contributed by atoms with Crippen molar-refractivity contribution in [3.8, 4) is 5.88 Å². The number of ether oxygens (including phenoxy) is 3. The van der Waals surface area contributed by atoms with Crippen molar-refractivity contribution < 1.29 is 23.8 Å². The number of anilines is 1. The predicted molar refractivity (Wildman–Crippen MR) is 103 cm³/mol. The third-order valence-corrected chi connectivity index (χ3v) is 4.18. The summed E-state index contributed by atoms with van der Waals surface area (Å²) >= 11 is 0. The Balaban J connectivity index is 2.27. The topological polar surface area (TPSA) is 103 Å². The molecule has 0 radical (unpaired) electrons. The SMILES string of the molecule is CCOC(=O)c1cnc(N2CC[C@@H](C(=O)OC(C)(C)C)C2NC)nc1OCC. The first-order valence-electron chi connectivity index (χ1n) is 9.55. The summed E-state index contributed by atoms with van der Waals surface area (Å²) in [5.41, 5.74) is -0.376. The van der Waals surface area contributed by atoms with Crippen LogP contribution in [0.3, 0.4) is 0 Å². The van der Waals surface area contributed by atoms with Crippen LogP contribution in [-0.4, -0.2) is 60.5 Å². The minimum Gasteiger partial charge on any atom is -0.477 e. The lowest BCUT2D eigenvalue weighted by molar-refractivity contribution is -0.160. The Kier molecular flexibility index (Phi) is 7.17. The zero-order chi connectivity index (χ0) is 20.9. The van der Waals surface area contributed by atoms with Crippen LogP contribution in [0.4, 0.5) is 5.95 Å². The normalized spacial score (nSPS) is 19.4. The van der Waals surface area contributed by atoms with Gasteiger partial charge in [0, 0.05) is 6.54 Å². The van der Waals surface area contributed by atoms with Gasteiger partial charge in [0.25, 0.3) is 0 Å². The van der Waals surface area contributed by atoms with Gasteiger partial charge in [-0.15, -0.1) is 0 Å². The van der Waals surface area contributed by atoms with Gasteiger partial charge in [-0.3, -0.25) is 10.1 Å². The van der Waals surface area contributed by atoms with Crippen molar-refractivity contribution in [2.75, 3.05) is 31.7 Å². The van der Waals surface area contributed by atoms with Gasteiger partial charge in [0.1, 0.15) is 11.2 Å². The smallest absolute Gasteiger partial charge is 0.345 e. The Hall–Kier alpha value is -2.42. The summed E-state index contributed by atoms with van der Waals surface area (Å²) in [5, 5.41) is 3.15. The molecule has 1 unspecified atom stereocenters. The Morgan fingerprint density at radius 3 is 2.57 bits per heavy atom. The average molecular weight is 394 g/mol. The molecule has 9 heteroatoms. The van der Waals surface area contributed by atoms with Crippen LogP contribution in [0.15, 0.2) is 6.20 Å². The van der Waals surface area contributed by atoms with E-state index in [9.17, 15) is 9.59 Å². The quantitative estimate of drug-likeness (QED) is 0.693. The van der Waals surface area contributed by atoms with E-state index in [2.05, 4.69) is 15.3 Å². The number of carbonyl (C=O) groups is 2. The van der Waals surface area contributed by atoms with E-state index in [-0.39, 0.29) is 36.1 Å². The molecule has 0 spiro atoms. The molecule has 1 fully saturated rings. The second-order valence-corrected chi connectivity index (χ2v) is 7.40. The largest absolute Gasteiger partial charge is 0.477 e. The van der Waals surface area contributed by atoms with Crippen LogP contribution in [0.5, 0.6) is 5.88 Å². The van der Waals surface area contributed by atoms with Crippen LogP contribution in [0, 0.1) is 5.92 Å². The zero-order valence-corrected chi connectivity index (χ0v) is 17.4. The third kappa shape index (κ3) is 5.09. The van der Waals surface area contributed by atoms with Gasteiger partial charge in [-0.2, -0.15) is 4.98 Å². The van der Waals surface area contributed by atoms with E-state index in [0.717, 1.165) is 0 Å². The summed E-state index contributed by atoms with van der Waals surface area (Å²) in [4.78, 5) is 35.3. The number of esters is 2. The molecular weight excluding hydrogens is 364 g/mol. The molecule has 2 rings (SSSR count). The summed E-state index contributed by atoms with van der Waals surface area (Å²) in [5.74, 6) is -0.602. The highest BCUT2D eigenvalue weighted by molar-refractivity contribution is 5.91. The fraction of sp³-hybridized carbons (Fsp3) is 0.684. The fourth-order valence-electron chi connectivity index (χ4n) is 3.09. The van der Waals surface area contributed by atoms with Crippen LogP contribution in [0.1, 0.15) is 51.4 Å². The zero-order valence-electron chi connectivity index (χ0n) is 17.4. The van der Waals surface area contributed by atoms with Gasteiger partial charge in [0.15, 0.2) is 0 Å². The van der Waals surface area contributed by atoms with Gasteiger partial charge in [-0.25, -0.2) is 9.78 Å². The molecular formula is C19H30N4O5. The molecule has 0 amide bonds. The first-order chi connectivity index (χ1) is 13.2. The van der Waals surface area contributed by atoms with Crippen LogP contribution in [0.25, 0.3) is 0 Å². The van der Waals surface area contributed by atoms with E-state index < -0.39 is 11.6 Å². The van der Waals surface area contributed by atoms with Crippen molar-refractivity contribution in [3.05, 3.63) is 11.8 Å². The van der Waals surface area contributed by atoms with Gasteiger partial charge < -0.3 is 19.1 Å². The summed E-state index contributed by atoms with van der Waals surface area (Å²) in [7, 11) is 1.77. The number of hydrogen-bond donors (Lipinski definition) is 1. The maximum absolute atomic E-state index is 12.6. The lowest BCUT2D eigenvalue weighted by atomic mass is 10.1. The average Bonchev–Trinajstić information content (AvgIpc) is 3.05. The number of nitrogens with one attached hydrogen (secondary N) is 1. The van der Waals surface area contributed by atoms with Crippen molar-refractivity contribution in [2.45, 2.75) is 52.8 Å². The Bertz CT molecular complexity index is 704. The number of nitrogens with zero attached hydrogens (tertiary/aromatic N) is 3. The fourth-order valence-corrected chi connectivity index (χ4v) is 3.09. The molecule has 0 saturated carbocycles. The number of carbonyl (C=O) groups excluding carboxylic acids is 2. The lowest BCUT2D eigenvalue weighted by Gasteiger charge is -2.29. The first kappa shape index (κ1) is 21.9. The van der Waals surface area contributed by atoms with E-state index >= 15 is 0 Å². The van der Waals surface area contributed by atoms with E-state index in [1.807, 2.05) is 32.6 Å². The molecule has 2 atom stereocenters. The summed E-state index contributed by atoms with van der Waals surface area (Å²) in [6.45, 7) is 10.2. The van der Waals surface area contributed by atoms with E-state index in [4.69, 9.17) is 14.2 Å². The van der Waals surface area contributed by atoms with Gasteiger partial charge in [0.2, 0.25) is 11.8 Å². The van der Waals surface area contributed by atoms with Gasteiger partial charge >= 0.3 is 11.9 Å². The molecule has 1 aromatic rings. The van der Waals surface area contributed by atoms with Crippen molar-refractivity contribution in [1.82, 2.24) is 15.3 Å². The second kappa shape index (κ2) is 9.18. The lowest BCUT2D eigenvalue weighted by Crippen LogP contribution is -2.47. The predicted octanol–water partition coefficient (Wildman–Crippen LogP) is 1.77. The van der Waals surface area contributed by atoms with Crippen LogP contribution in [0.2, 0.25) is 0 Å². The summed E-state index contributed by atoms with van der Waals surface area (Å²) in [6.07, 6.45) is 1.68. The monoisotopic (exact) mass is 394 g/mol. The molecule has 156 valence electrons. The van der Waals surface area contributed by atoms with Crippen molar-refractivity contribution in [3.63, 3.8) is 0 Å². The third-order valence-electron chi connectivity index (χ3n) is 4.18. The van der Waals surface area contributed by atoms with Crippen molar-refractivity contribution >= 4 is 17.9 Å². The molecule has 0 aliphatic carbocycles. The maximum Gasteiger partial charge on any atom is 0.345 e. The standard InChI is InChI=1S/C19H30N4O5/c1-7-26-15-13(16(24)27-8-2)11-21-18(22-15)23-10-9-12(14(23)20-6)17(25)28-19(3,4)5/h11-12,14,20H,7-10H2,1-6H3/t12-,14?/m1/s1. The van der Waals surface area contributed by atoms with E-state index in [1.54, 1.807) is 14.0 Å². The van der Waals surface area contributed by atoms with E-state index in [0.29, 0.717) is 25.5 Å². The van der Waals surface area contributed by atoms with Crippen LogP contribution < -0.4 is 15.0 Å². The molecule has 28 heavy (non-hydrogen) atoms. The molecule has 1 N–H and O–H groups in total. The van der Waals surface area contributed by atoms with E-state index in [1.165, 1.54) is 6.20 Å². The Morgan fingerprint density at radius 2 is 2.00 bits per heavy atom. The molecule has 1 aliphatic rings. The minimum absolute atomic E-state index is 0.168. The van der Waals surface area contributed by atoms with Gasteiger partial charge in [-0.05, 0) is 48.1 Å². The van der Waals surface area contributed by atoms with Crippen molar-refractivity contribution in [1.29, 1.82) is 0 Å². The summed E-state index contributed by atoms with van der Waals surface area (Å²) in [6, 6.07) is 0.